The van der Waals surface area contributed by atoms with Crippen molar-refractivity contribution in [2.24, 2.45) is 0 Å². The second kappa shape index (κ2) is 2.64. The maximum atomic E-state index is 5.18. The maximum Gasteiger partial charge on any atom is 0.0660 e. The highest BCUT2D eigenvalue weighted by molar-refractivity contribution is 7.57. The van der Waals surface area contributed by atoms with Gasteiger partial charge >= 0.3 is 0 Å². The zero-order chi connectivity index (χ0) is 5.11. The third kappa shape index (κ3) is 1.40. The Balaban J connectivity index is 2.14. The van der Waals surface area contributed by atoms with Gasteiger partial charge in [0.25, 0.3) is 0 Å². The summed E-state index contributed by atoms with van der Waals surface area (Å²) in [6.45, 7) is 3.28. The predicted molar refractivity (Wildman–Crippen MR) is 33.1 cm³/mol. The van der Waals surface area contributed by atoms with Crippen molar-refractivity contribution < 1.29 is 4.74 Å². The normalized spacial score (nSPS) is 31.3. The van der Waals surface area contributed by atoms with E-state index in [0.717, 1.165) is 13.0 Å². The summed E-state index contributed by atoms with van der Waals surface area (Å²) in [7, 11) is 0.335. The van der Waals surface area contributed by atoms with Crippen molar-refractivity contribution >= 4 is 7.92 Å². The average Bonchev–Trinajstić information content (AvgIpc) is 2.14. The van der Waals surface area contributed by atoms with Gasteiger partial charge in [-0.2, -0.15) is 0 Å². The molecule has 1 heterocycles. The van der Waals surface area contributed by atoms with Crippen molar-refractivity contribution in [1.29, 1.82) is 0 Å². The summed E-state index contributed by atoms with van der Waals surface area (Å²) in [5.41, 5.74) is 0. The Bertz CT molecular complexity index is 50.0. The fourth-order valence-corrected chi connectivity index (χ4v) is 2.10. The summed E-state index contributed by atoms with van der Waals surface area (Å²) in [5, 5.41) is 0. The molecular formula is C5H11OP. The van der Waals surface area contributed by atoms with Crippen molar-refractivity contribution in [3.8, 4) is 0 Å². The summed E-state index contributed by atoms with van der Waals surface area (Å²) in [6.07, 6.45) is 3.78. The number of hydrogen-bond acceptors (Lipinski definition) is 1. The van der Waals surface area contributed by atoms with Crippen LogP contribution in [0.25, 0.3) is 0 Å². The van der Waals surface area contributed by atoms with E-state index in [2.05, 4.69) is 6.92 Å². The molecule has 1 unspecified atom stereocenters. The molecule has 0 aromatic heterocycles. The van der Waals surface area contributed by atoms with Crippen LogP contribution in [0.4, 0.5) is 0 Å². The highest BCUT2D eigenvalue weighted by Gasteiger charge is 2.10. The molecule has 1 fully saturated rings. The molecule has 0 spiro atoms. The molecule has 0 saturated carbocycles. The molecule has 1 saturated heterocycles. The molecule has 0 aromatic rings. The van der Waals surface area contributed by atoms with Gasteiger partial charge in [-0.3, -0.25) is 0 Å². The van der Waals surface area contributed by atoms with E-state index < -0.39 is 0 Å². The molecular weight excluding hydrogens is 107 g/mol. The van der Waals surface area contributed by atoms with Gasteiger partial charge in [0.1, 0.15) is 0 Å². The smallest absolute Gasteiger partial charge is 0.0660 e. The molecule has 0 aliphatic carbocycles. The van der Waals surface area contributed by atoms with Crippen LogP contribution < -0.4 is 0 Å². The minimum absolute atomic E-state index is 0.335. The van der Waals surface area contributed by atoms with Crippen molar-refractivity contribution in [2.45, 2.75) is 6.92 Å². The lowest BCUT2D eigenvalue weighted by Gasteiger charge is -1.99. The molecule has 0 N–H and O–H groups in total. The van der Waals surface area contributed by atoms with Gasteiger partial charge in [-0.05, 0) is 12.3 Å². The maximum absolute atomic E-state index is 5.18. The number of ether oxygens (including phenoxy) is 1. The Morgan fingerprint density at radius 2 is 2.57 bits per heavy atom. The Morgan fingerprint density at radius 3 is 2.86 bits per heavy atom. The van der Waals surface area contributed by atoms with Crippen molar-refractivity contribution in [2.75, 3.05) is 25.3 Å². The molecule has 1 aliphatic rings. The van der Waals surface area contributed by atoms with E-state index in [1.807, 2.05) is 0 Å². The highest BCUT2D eigenvalue weighted by Crippen LogP contribution is 2.38. The summed E-state index contributed by atoms with van der Waals surface area (Å²) < 4.78 is 5.18. The highest BCUT2D eigenvalue weighted by atomic mass is 31.1. The van der Waals surface area contributed by atoms with Crippen LogP contribution in [0.15, 0.2) is 0 Å². The first-order valence-electron chi connectivity index (χ1n) is 2.73. The van der Waals surface area contributed by atoms with Crippen LogP contribution in [0, 0.1) is 0 Å². The van der Waals surface area contributed by atoms with E-state index in [4.69, 9.17) is 4.74 Å². The Labute approximate surface area is 45.8 Å². The van der Waals surface area contributed by atoms with Crippen LogP contribution in [0.5, 0.6) is 0 Å². The van der Waals surface area contributed by atoms with Crippen LogP contribution in [0.2, 0.25) is 0 Å². The lowest BCUT2D eigenvalue weighted by atomic mass is 10.9. The van der Waals surface area contributed by atoms with Crippen LogP contribution in [-0.2, 0) is 4.74 Å². The number of hydrogen-bond donors (Lipinski definition) is 0. The van der Waals surface area contributed by atoms with Gasteiger partial charge in [-0.25, -0.2) is 0 Å². The second-order valence-electron chi connectivity index (χ2n) is 1.75. The van der Waals surface area contributed by atoms with Crippen LogP contribution in [0.1, 0.15) is 6.92 Å². The summed E-state index contributed by atoms with van der Waals surface area (Å²) in [5.74, 6) is 0. The zero-order valence-corrected chi connectivity index (χ0v) is 5.58. The Hall–Kier alpha value is 0.390. The lowest BCUT2D eigenvalue weighted by molar-refractivity contribution is 0.216. The fraction of sp³-hybridized carbons (Fsp3) is 1.00. The van der Waals surface area contributed by atoms with E-state index in [-0.39, 0.29) is 0 Å². The van der Waals surface area contributed by atoms with Gasteiger partial charge in [0.05, 0.1) is 13.0 Å². The van der Waals surface area contributed by atoms with E-state index in [0.29, 0.717) is 7.92 Å². The molecule has 0 amide bonds. The summed E-state index contributed by atoms with van der Waals surface area (Å²) >= 11 is 0. The van der Waals surface area contributed by atoms with Crippen molar-refractivity contribution in [3.05, 3.63) is 0 Å². The van der Waals surface area contributed by atoms with Gasteiger partial charge < -0.3 is 4.74 Å². The molecule has 1 atom stereocenters. The molecule has 1 nitrogen and oxygen atoms in total. The summed E-state index contributed by atoms with van der Waals surface area (Å²) in [6, 6.07) is 0. The molecule has 0 radical (unpaired) electrons. The van der Waals surface area contributed by atoms with Gasteiger partial charge in [0, 0.05) is 0 Å². The van der Waals surface area contributed by atoms with Crippen molar-refractivity contribution in [3.63, 3.8) is 0 Å². The first-order chi connectivity index (χ1) is 3.43. The minimum Gasteiger partial charge on any atom is -0.377 e. The Morgan fingerprint density at radius 1 is 1.71 bits per heavy atom. The Kier molecular flexibility index (Phi) is 2.08. The van der Waals surface area contributed by atoms with Crippen LogP contribution in [-0.4, -0.2) is 25.3 Å². The SMILES string of the molecule is CCP1CCOC1. The van der Waals surface area contributed by atoms with Gasteiger partial charge in [-0.15, -0.1) is 0 Å². The summed E-state index contributed by atoms with van der Waals surface area (Å²) in [4.78, 5) is 0. The molecule has 1 aliphatic heterocycles. The van der Waals surface area contributed by atoms with E-state index in [9.17, 15) is 0 Å². The van der Waals surface area contributed by atoms with E-state index in [1.54, 1.807) is 0 Å². The third-order valence-electron chi connectivity index (χ3n) is 1.27. The van der Waals surface area contributed by atoms with Gasteiger partial charge in [-0.1, -0.05) is 14.8 Å². The number of rotatable bonds is 1. The van der Waals surface area contributed by atoms with Crippen LogP contribution >= 0.6 is 7.92 Å². The third-order valence-corrected chi connectivity index (χ3v) is 3.53. The second-order valence-corrected chi connectivity index (χ2v) is 4.43. The standard InChI is InChI=1S/C5H11OP/c1-2-7-4-3-6-5-7/h2-5H2,1H3. The molecule has 0 aromatic carbocycles. The van der Waals surface area contributed by atoms with E-state index >= 15 is 0 Å². The molecule has 1 rings (SSSR count). The topological polar surface area (TPSA) is 9.23 Å². The molecule has 2 heteroatoms. The van der Waals surface area contributed by atoms with Crippen LogP contribution in [0.3, 0.4) is 0 Å². The average molecular weight is 118 g/mol. The minimum atomic E-state index is 0.335. The molecule has 42 valence electrons. The van der Waals surface area contributed by atoms with Crippen molar-refractivity contribution in [1.82, 2.24) is 0 Å². The first-order valence-corrected chi connectivity index (χ1v) is 4.63. The largest absolute Gasteiger partial charge is 0.377 e. The first kappa shape index (κ1) is 5.53. The van der Waals surface area contributed by atoms with E-state index in [1.165, 1.54) is 12.3 Å². The lowest BCUT2D eigenvalue weighted by Crippen LogP contribution is -1.79. The van der Waals surface area contributed by atoms with Gasteiger partial charge in [0.15, 0.2) is 0 Å². The molecule has 7 heavy (non-hydrogen) atoms. The fourth-order valence-electron chi connectivity index (χ4n) is 0.701. The quantitative estimate of drug-likeness (QED) is 0.474. The predicted octanol–water partition coefficient (Wildman–Crippen LogP) is 1.48. The monoisotopic (exact) mass is 118 g/mol. The zero-order valence-electron chi connectivity index (χ0n) is 4.68. The van der Waals surface area contributed by atoms with Gasteiger partial charge in [0.2, 0.25) is 0 Å². The molecule has 0 bridgehead atoms.